The SMILES string of the molecule is Cc1nn(CCCC(C)(N)C#N)c(C)c1Cl. The number of rotatable bonds is 4. The lowest BCUT2D eigenvalue weighted by Gasteiger charge is -2.14. The monoisotopic (exact) mass is 240 g/mol. The van der Waals surface area contributed by atoms with Crippen LogP contribution in [0.3, 0.4) is 0 Å². The van der Waals surface area contributed by atoms with E-state index >= 15 is 0 Å². The summed E-state index contributed by atoms with van der Waals surface area (Å²) in [6.07, 6.45) is 1.47. The van der Waals surface area contributed by atoms with Crippen LogP contribution in [0, 0.1) is 25.2 Å². The molecule has 0 aromatic carbocycles. The summed E-state index contributed by atoms with van der Waals surface area (Å²) >= 11 is 6.03. The molecule has 5 heteroatoms. The number of halogens is 1. The first-order valence-electron chi connectivity index (χ1n) is 5.27. The molecule has 0 saturated heterocycles. The van der Waals surface area contributed by atoms with Crippen LogP contribution in [-0.4, -0.2) is 15.3 Å². The van der Waals surface area contributed by atoms with E-state index in [1.807, 2.05) is 18.5 Å². The zero-order valence-corrected chi connectivity index (χ0v) is 10.7. The number of aromatic nitrogens is 2. The standard InChI is InChI=1S/C11H17ClN4/c1-8-10(12)9(2)16(15-8)6-4-5-11(3,14)7-13/h4-6,14H2,1-3H3. The van der Waals surface area contributed by atoms with Gasteiger partial charge >= 0.3 is 0 Å². The van der Waals surface area contributed by atoms with Gasteiger partial charge in [-0.05, 0) is 33.6 Å². The summed E-state index contributed by atoms with van der Waals surface area (Å²) in [6, 6.07) is 2.08. The summed E-state index contributed by atoms with van der Waals surface area (Å²) in [4.78, 5) is 0. The lowest BCUT2D eigenvalue weighted by Crippen LogP contribution is -2.34. The van der Waals surface area contributed by atoms with E-state index in [-0.39, 0.29) is 0 Å². The van der Waals surface area contributed by atoms with Gasteiger partial charge < -0.3 is 5.73 Å². The number of hydrogen-bond donors (Lipinski definition) is 1. The minimum atomic E-state index is -0.750. The van der Waals surface area contributed by atoms with E-state index in [9.17, 15) is 0 Å². The topological polar surface area (TPSA) is 67.6 Å². The van der Waals surface area contributed by atoms with Crippen LogP contribution in [0.4, 0.5) is 0 Å². The van der Waals surface area contributed by atoms with E-state index in [0.717, 1.165) is 29.4 Å². The van der Waals surface area contributed by atoms with Crippen LogP contribution in [0.2, 0.25) is 5.02 Å². The third kappa shape index (κ3) is 2.97. The van der Waals surface area contributed by atoms with Crippen LogP contribution in [0.25, 0.3) is 0 Å². The van der Waals surface area contributed by atoms with E-state index in [4.69, 9.17) is 22.6 Å². The molecule has 0 bridgehead atoms. The number of aryl methyl sites for hydroxylation is 2. The van der Waals surface area contributed by atoms with Crippen molar-refractivity contribution in [3.05, 3.63) is 16.4 Å². The first-order chi connectivity index (χ1) is 7.37. The molecule has 16 heavy (non-hydrogen) atoms. The Morgan fingerprint density at radius 3 is 2.62 bits per heavy atom. The molecular formula is C11H17ClN4. The van der Waals surface area contributed by atoms with Crippen molar-refractivity contribution in [3.63, 3.8) is 0 Å². The molecule has 1 rings (SSSR count). The fourth-order valence-electron chi connectivity index (χ4n) is 1.54. The van der Waals surface area contributed by atoms with Crippen LogP contribution in [0.1, 0.15) is 31.2 Å². The second kappa shape index (κ2) is 4.86. The molecule has 0 radical (unpaired) electrons. The van der Waals surface area contributed by atoms with Crippen molar-refractivity contribution in [1.29, 1.82) is 5.26 Å². The largest absolute Gasteiger partial charge is 0.314 e. The Hall–Kier alpha value is -1.05. The van der Waals surface area contributed by atoms with Gasteiger partial charge in [0.15, 0.2) is 0 Å². The lowest BCUT2D eigenvalue weighted by atomic mass is 9.99. The molecule has 2 N–H and O–H groups in total. The normalized spacial score (nSPS) is 14.5. The average Bonchev–Trinajstić information content (AvgIpc) is 2.46. The van der Waals surface area contributed by atoms with E-state index in [2.05, 4.69) is 11.2 Å². The molecule has 0 aliphatic carbocycles. The van der Waals surface area contributed by atoms with Gasteiger partial charge in [0.05, 0.1) is 22.5 Å². The van der Waals surface area contributed by atoms with Gasteiger partial charge in [0, 0.05) is 6.54 Å². The molecule has 1 heterocycles. The van der Waals surface area contributed by atoms with Crippen molar-refractivity contribution < 1.29 is 0 Å². The molecular weight excluding hydrogens is 224 g/mol. The van der Waals surface area contributed by atoms with Gasteiger partial charge in [0.1, 0.15) is 5.54 Å². The highest BCUT2D eigenvalue weighted by Gasteiger charge is 2.17. The van der Waals surface area contributed by atoms with Crippen molar-refractivity contribution in [1.82, 2.24) is 9.78 Å². The van der Waals surface area contributed by atoms with Crippen molar-refractivity contribution in [2.24, 2.45) is 5.73 Å². The quantitative estimate of drug-likeness (QED) is 0.877. The first kappa shape index (κ1) is 13.0. The summed E-state index contributed by atoms with van der Waals surface area (Å²) in [7, 11) is 0. The summed E-state index contributed by atoms with van der Waals surface area (Å²) in [5, 5.41) is 13.8. The highest BCUT2D eigenvalue weighted by Crippen LogP contribution is 2.19. The predicted molar refractivity (Wildman–Crippen MR) is 64.2 cm³/mol. The molecule has 1 aromatic rings. The van der Waals surface area contributed by atoms with Crippen LogP contribution in [-0.2, 0) is 6.54 Å². The molecule has 1 unspecified atom stereocenters. The predicted octanol–water partition coefficient (Wildman–Crippen LogP) is 2.17. The lowest BCUT2D eigenvalue weighted by molar-refractivity contribution is 0.466. The van der Waals surface area contributed by atoms with E-state index in [0.29, 0.717) is 6.42 Å². The van der Waals surface area contributed by atoms with Crippen LogP contribution >= 0.6 is 11.6 Å². The second-order valence-corrected chi connectivity index (χ2v) is 4.72. The summed E-state index contributed by atoms with van der Waals surface area (Å²) in [6.45, 7) is 6.30. The Bertz CT molecular complexity index is 414. The maximum Gasteiger partial charge on any atom is 0.101 e. The Morgan fingerprint density at radius 1 is 1.56 bits per heavy atom. The third-order valence-corrected chi connectivity index (χ3v) is 3.16. The molecule has 88 valence electrons. The maximum absolute atomic E-state index is 8.78. The second-order valence-electron chi connectivity index (χ2n) is 4.34. The smallest absolute Gasteiger partial charge is 0.101 e. The average molecular weight is 241 g/mol. The molecule has 0 aliphatic rings. The van der Waals surface area contributed by atoms with Crippen LogP contribution in [0.15, 0.2) is 0 Å². The Kier molecular flexibility index (Phi) is 3.95. The van der Waals surface area contributed by atoms with Gasteiger partial charge in [-0.1, -0.05) is 11.6 Å². The molecule has 0 fully saturated rings. The van der Waals surface area contributed by atoms with Gasteiger partial charge in [0.25, 0.3) is 0 Å². The Labute approximate surface area is 101 Å². The summed E-state index contributed by atoms with van der Waals surface area (Å²) < 4.78 is 1.87. The van der Waals surface area contributed by atoms with Gasteiger partial charge in [-0.25, -0.2) is 0 Å². The van der Waals surface area contributed by atoms with Gasteiger partial charge in [0.2, 0.25) is 0 Å². The van der Waals surface area contributed by atoms with E-state index in [1.165, 1.54) is 0 Å². The number of hydrogen-bond acceptors (Lipinski definition) is 3. The molecule has 1 aromatic heterocycles. The number of nitriles is 1. The fraction of sp³-hybridized carbons (Fsp3) is 0.636. The van der Waals surface area contributed by atoms with Crippen molar-refractivity contribution >= 4 is 11.6 Å². The zero-order valence-electron chi connectivity index (χ0n) is 9.92. The summed E-state index contributed by atoms with van der Waals surface area (Å²) in [5.74, 6) is 0. The maximum atomic E-state index is 8.78. The van der Waals surface area contributed by atoms with Crippen LogP contribution in [0.5, 0.6) is 0 Å². The van der Waals surface area contributed by atoms with Gasteiger partial charge in [-0.3, -0.25) is 4.68 Å². The fourth-order valence-corrected chi connectivity index (χ4v) is 1.68. The first-order valence-corrected chi connectivity index (χ1v) is 5.65. The Balaban J connectivity index is 2.57. The Morgan fingerprint density at radius 2 is 2.19 bits per heavy atom. The zero-order chi connectivity index (χ0) is 12.3. The van der Waals surface area contributed by atoms with Crippen molar-refractivity contribution in [2.75, 3.05) is 0 Å². The molecule has 0 amide bonds. The summed E-state index contributed by atoms with van der Waals surface area (Å²) in [5.41, 5.74) is 6.80. The number of nitrogens with zero attached hydrogens (tertiary/aromatic N) is 3. The highest BCUT2D eigenvalue weighted by atomic mass is 35.5. The molecule has 4 nitrogen and oxygen atoms in total. The van der Waals surface area contributed by atoms with Crippen LogP contribution < -0.4 is 5.73 Å². The molecule has 0 saturated carbocycles. The van der Waals surface area contributed by atoms with E-state index in [1.54, 1.807) is 6.92 Å². The van der Waals surface area contributed by atoms with Gasteiger partial charge in [-0.2, -0.15) is 10.4 Å². The number of nitrogens with two attached hydrogens (primary N) is 1. The third-order valence-electron chi connectivity index (χ3n) is 2.61. The minimum Gasteiger partial charge on any atom is -0.314 e. The highest BCUT2D eigenvalue weighted by molar-refractivity contribution is 6.31. The van der Waals surface area contributed by atoms with E-state index < -0.39 is 5.54 Å². The molecule has 0 aliphatic heterocycles. The van der Waals surface area contributed by atoms with Crippen molar-refractivity contribution in [2.45, 2.75) is 45.7 Å². The van der Waals surface area contributed by atoms with Crippen molar-refractivity contribution in [3.8, 4) is 6.07 Å². The molecule has 1 atom stereocenters. The molecule has 0 spiro atoms. The minimum absolute atomic E-state index is 0.652. The van der Waals surface area contributed by atoms with Gasteiger partial charge in [-0.15, -0.1) is 0 Å².